The second-order valence-corrected chi connectivity index (χ2v) is 9.51. The molecule has 31 heavy (non-hydrogen) atoms. The highest BCUT2D eigenvalue weighted by Crippen LogP contribution is 2.34. The van der Waals surface area contributed by atoms with E-state index in [-0.39, 0.29) is 22.4 Å². The zero-order valence-electron chi connectivity index (χ0n) is 17.2. The molecular weight excluding hydrogens is 430 g/mol. The summed E-state index contributed by atoms with van der Waals surface area (Å²) in [5, 5.41) is 12.4. The van der Waals surface area contributed by atoms with Gasteiger partial charge in [-0.2, -0.15) is 5.26 Å². The molecule has 9 heteroatoms. The number of nitrogens with zero attached hydrogens (tertiary/aromatic N) is 4. The van der Waals surface area contributed by atoms with Crippen molar-refractivity contribution >= 4 is 39.2 Å². The maximum absolute atomic E-state index is 13.0. The number of carbonyl (C=O) groups is 1. The van der Waals surface area contributed by atoms with Gasteiger partial charge in [0.25, 0.3) is 5.56 Å². The maximum atomic E-state index is 13.0. The number of thiophene rings is 1. The minimum Gasteiger partial charge on any atom is -0.334 e. The molecule has 160 valence electrons. The van der Waals surface area contributed by atoms with E-state index in [1.54, 1.807) is 11.9 Å². The summed E-state index contributed by atoms with van der Waals surface area (Å²) >= 11 is 2.50. The summed E-state index contributed by atoms with van der Waals surface area (Å²) in [6.07, 6.45) is 4.37. The number of thioether (sulfide) groups is 1. The van der Waals surface area contributed by atoms with Crippen LogP contribution in [0.3, 0.4) is 0 Å². The molecule has 0 unspecified atom stereocenters. The van der Waals surface area contributed by atoms with E-state index in [1.165, 1.54) is 11.3 Å². The van der Waals surface area contributed by atoms with Crippen LogP contribution in [-0.4, -0.2) is 38.8 Å². The maximum Gasteiger partial charge on any atom is 0.282 e. The molecular formula is C22H23N5O2S2. The van der Waals surface area contributed by atoms with Gasteiger partial charge in [0.1, 0.15) is 10.4 Å². The molecule has 1 amide bonds. The molecule has 0 atom stereocenters. The molecule has 2 heterocycles. The highest BCUT2D eigenvalue weighted by molar-refractivity contribution is 7.99. The van der Waals surface area contributed by atoms with Gasteiger partial charge >= 0.3 is 0 Å². The fourth-order valence-electron chi connectivity index (χ4n) is 4.04. The van der Waals surface area contributed by atoms with Crippen LogP contribution in [-0.2, 0) is 4.79 Å². The second-order valence-electron chi connectivity index (χ2n) is 7.71. The zero-order chi connectivity index (χ0) is 22.0. The van der Waals surface area contributed by atoms with Gasteiger partial charge in [-0.3, -0.25) is 9.59 Å². The van der Waals surface area contributed by atoms with E-state index in [0.717, 1.165) is 46.8 Å². The van der Waals surface area contributed by atoms with Gasteiger partial charge in [-0.15, -0.1) is 11.3 Å². The molecule has 0 bridgehead atoms. The van der Waals surface area contributed by atoms with Crippen LogP contribution in [0.25, 0.3) is 21.3 Å². The Kier molecular flexibility index (Phi) is 6.03. The molecule has 0 radical (unpaired) electrons. The Morgan fingerprint density at radius 1 is 1.32 bits per heavy atom. The highest BCUT2D eigenvalue weighted by Gasteiger charge is 2.38. The summed E-state index contributed by atoms with van der Waals surface area (Å²) in [6.45, 7) is 0. The molecule has 1 aliphatic carbocycles. The third-order valence-corrected chi connectivity index (χ3v) is 7.73. The number of fused-ring (bicyclic) bond motifs is 1. The van der Waals surface area contributed by atoms with Crippen molar-refractivity contribution in [3.63, 3.8) is 0 Å². The van der Waals surface area contributed by atoms with Gasteiger partial charge in [0, 0.05) is 18.0 Å². The van der Waals surface area contributed by atoms with Gasteiger partial charge in [0.15, 0.2) is 5.16 Å². The summed E-state index contributed by atoms with van der Waals surface area (Å²) in [4.78, 5) is 32.5. The first-order chi connectivity index (χ1) is 15.0. The molecule has 0 spiro atoms. The molecule has 7 nitrogen and oxygen atoms in total. The first-order valence-corrected chi connectivity index (χ1v) is 12.0. The minimum atomic E-state index is -0.742. The Labute approximate surface area is 188 Å². The van der Waals surface area contributed by atoms with Gasteiger partial charge in [0.05, 0.1) is 17.2 Å². The number of carbonyl (C=O) groups excluding carboxylic acids is 1. The first-order valence-electron chi connectivity index (χ1n) is 10.1. The Balaban J connectivity index is 1.57. The minimum absolute atomic E-state index is 0.0615. The SMILES string of the molecule is CN(C(=O)CSc1nc2scc(-c3ccccc3)c2c(=O)n1N)C1(C#N)CCCCC1. The number of aromatic nitrogens is 2. The van der Waals surface area contributed by atoms with E-state index in [2.05, 4.69) is 11.1 Å². The van der Waals surface area contributed by atoms with Crippen LogP contribution in [0.4, 0.5) is 0 Å². The van der Waals surface area contributed by atoms with Gasteiger partial charge in [-0.1, -0.05) is 61.4 Å². The molecule has 2 aromatic heterocycles. The molecule has 0 saturated heterocycles. The summed E-state index contributed by atoms with van der Waals surface area (Å²) < 4.78 is 1.01. The monoisotopic (exact) mass is 453 g/mol. The standard InChI is InChI=1S/C22H23N5O2S2/c1-26(22(14-23)10-6-3-7-11-22)17(28)13-31-21-25-19-18(20(29)27(21)24)16(12-30-19)15-8-4-2-5-9-15/h2,4-5,8-9,12H,3,6-7,10-11,13,24H2,1H3. The average molecular weight is 454 g/mol. The Bertz CT molecular complexity index is 1210. The van der Waals surface area contributed by atoms with E-state index in [4.69, 9.17) is 5.84 Å². The summed E-state index contributed by atoms with van der Waals surface area (Å²) in [5.41, 5.74) is 0.653. The Morgan fingerprint density at radius 2 is 2.03 bits per heavy atom. The van der Waals surface area contributed by atoms with Crippen molar-refractivity contribution in [1.29, 1.82) is 5.26 Å². The third kappa shape index (κ3) is 3.93. The van der Waals surface area contributed by atoms with Crippen LogP contribution in [0.1, 0.15) is 32.1 Å². The average Bonchev–Trinajstić information content (AvgIpc) is 3.24. The molecule has 2 N–H and O–H groups in total. The van der Waals surface area contributed by atoms with Crippen LogP contribution >= 0.6 is 23.1 Å². The molecule has 1 aliphatic rings. The zero-order valence-corrected chi connectivity index (χ0v) is 18.8. The van der Waals surface area contributed by atoms with Gasteiger partial charge in [-0.25, -0.2) is 9.66 Å². The number of hydrogen-bond donors (Lipinski definition) is 1. The largest absolute Gasteiger partial charge is 0.334 e. The molecule has 3 aromatic rings. The number of nitriles is 1. The van der Waals surface area contributed by atoms with Crippen molar-refractivity contribution in [2.75, 3.05) is 18.6 Å². The van der Waals surface area contributed by atoms with Crippen LogP contribution in [0, 0.1) is 11.3 Å². The lowest BCUT2D eigenvalue weighted by atomic mass is 9.81. The van der Waals surface area contributed by atoms with Crippen LogP contribution in [0.2, 0.25) is 0 Å². The quantitative estimate of drug-likeness (QED) is 0.359. The fourth-order valence-corrected chi connectivity index (χ4v) is 5.86. The molecule has 1 fully saturated rings. The number of nitrogen functional groups attached to an aromatic ring is 1. The molecule has 4 rings (SSSR count). The number of nitrogens with two attached hydrogens (primary N) is 1. The van der Waals surface area contributed by atoms with E-state index in [1.807, 2.05) is 35.7 Å². The summed E-state index contributed by atoms with van der Waals surface area (Å²) in [7, 11) is 1.69. The van der Waals surface area contributed by atoms with E-state index in [0.29, 0.717) is 23.1 Å². The lowest BCUT2D eigenvalue weighted by Crippen LogP contribution is -2.50. The van der Waals surface area contributed by atoms with Crippen molar-refractivity contribution in [3.8, 4) is 17.2 Å². The molecule has 1 saturated carbocycles. The van der Waals surface area contributed by atoms with Crippen LogP contribution < -0.4 is 11.4 Å². The summed E-state index contributed by atoms with van der Waals surface area (Å²) in [5.74, 6) is 5.95. The first kappa shape index (κ1) is 21.4. The van der Waals surface area contributed by atoms with Crippen molar-refractivity contribution < 1.29 is 4.79 Å². The van der Waals surface area contributed by atoms with Crippen molar-refractivity contribution in [3.05, 3.63) is 46.1 Å². The Hall–Kier alpha value is -2.83. The summed E-state index contributed by atoms with van der Waals surface area (Å²) in [6, 6.07) is 12.0. The lowest BCUT2D eigenvalue weighted by Gasteiger charge is -2.39. The predicted octanol–water partition coefficient (Wildman–Crippen LogP) is 3.62. The third-order valence-electron chi connectivity index (χ3n) is 5.92. The van der Waals surface area contributed by atoms with Gasteiger partial charge in [-0.05, 0) is 18.4 Å². The highest BCUT2D eigenvalue weighted by atomic mass is 32.2. The van der Waals surface area contributed by atoms with Gasteiger partial charge < -0.3 is 10.7 Å². The van der Waals surface area contributed by atoms with Gasteiger partial charge in [0.2, 0.25) is 5.91 Å². The van der Waals surface area contributed by atoms with Crippen molar-refractivity contribution in [2.45, 2.75) is 42.8 Å². The fraction of sp³-hybridized carbons (Fsp3) is 0.364. The molecule has 1 aromatic carbocycles. The van der Waals surface area contributed by atoms with E-state index < -0.39 is 5.54 Å². The second kappa shape index (κ2) is 8.73. The number of amides is 1. The number of hydrogen-bond acceptors (Lipinski definition) is 7. The topological polar surface area (TPSA) is 105 Å². The predicted molar refractivity (Wildman–Crippen MR) is 124 cm³/mol. The number of benzene rings is 1. The van der Waals surface area contributed by atoms with Crippen LogP contribution in [0.15, 0.2) is 45.7 Å². The number of rotatable bonds is 5. The van der Waals surface area contributed by atoms with Crippen molar-refractivity contribution in [1.82, 2.24) is 14.6 Å². The van der Waals surface area contributed by atoms with Crippen molar-refractivity contribution in [2.24, 2.45) is 0 Å². The molecule has 0 aliphatic heterocycles. The normalized spacial score (nSPS) is 15.5. The van der Waals surface area contributed by atoms with E-state index in [9.17, 15) is 14.9 Å². The van der Waals surface area contributed by atoms with Crippen LogP contribution in [0.5, 0.6) is 0 Å². The van der Waals surface area contributed by atoms with E-state index >= 15 is 0 Å². The smallest absolute Gasteiger partial charge is 0.282 e. The Morgan fingerprint density at radius 3 is 2.71 bits per heavy atom. The lowest BCUT2D eigenvalue weighted by molar-refractivity contribution is -0.131.